The van der Waals surface area contributed by atoms with Crippen LogP contribution in [0.2, 0.25) is 0 Å². The molecular formula is C24H32N4O3. The van der Waals surface area contributed by atoms with Crippen molar-refractivity contribution in [3.05, 3.63) is 54.2 Å². The number of hydrogen-bond acceptors (Lipinski definition) is 5. The van der Waals surface area contributed by atoms with E-state index in [4.69, 9.17) is 19.2 Å². The number of likely N-dealkylation sites (tertiary alicyclic amines) is 1. The van der Waals surface area contributed by atoms with Crippen LogP contribution in [0.25, 0.3) is 0 Å². The number of aromatic nitrogens is 1. The Balaban J connectivity index is 1.25. The monoisotopic (exact) mass is 424 g/mol. The van der Waals surface area contributed by atoms with E-state index in [1.165, 1.54) is 6.42 Å². The maximum absolute atomic E-state index is 5.68. The third kappa shape index (κ3) is 5.88. The smallest absolute Gasteiger partial charge is 0.213 e. The van der Waals surface area contributed by atoms with Gasteiger partial charge in [0.1, 0.15) is 19.0 Å². The van der Waals surface area contributed by atoms with Crippen molar-refractivity contribution in [1.82, 2.24) is 15.2 Å². The van der Waals surface area contributed by atoms with E-state index in [-0.39, 0.29) is 0 Å². The van der Waals surface area contributed by atoms with E-state index in [1.807, 2.05) is 48.7 Å². The van der Waals surface area contributed by atoms with E-state index in [9.17, 15) is 0 Å². The predicted octanol–water partition coefficient (Wildman–Crippen LogP) is 3.12. The highest BCUT2D eigenvalue weighted by molar-refractivity contribution is 5.80. The molecule has 1 aromatic heterocycles. The minimum absolute atomic E-state index is 0.320. The molecule has 1 atom stereocenters. The van der Waals surface area contributed by atoms with Gasteiger partial charge in [0.2, 0.25) is 5.88 Å². The summed E-state index contributed by atoms with van der Waals surface area (Å²) in [7, 11) is 0. The summed E-state index contributed by atoms with van der Waals surface area (Å²) in [5, 5.41) is 3.44. The van der Waals surface area contributed by atoms with Crippen LogP contribution in [0.3, 0.4) is 0 Å². The van der Waals surface area contributed by atoms with Crippen LogP contribution in [0.5, 0.6) is 11.6 Å². The summed E-state index contributed by atoms with van der Waals surface area (Å²) in [5.74, 6) is 2.41. The Kier molecular flexibility index (Phi) is 7.25. The summed E-state index contributed by atoms with van der Waals surface area (Å²) in [6.45, 7) is 8.30. The quantitative estimate of drug-likeness (QED) is 0.399. The fourth-order valence-corrected chi connectivity index (χ4v) is 4.09. The van der Waals surface area contributed by atoms with Gasteiger partial charge in [0.25, 0.3) is 0 Å². The van der Waals surface area contributed by atoms with E-state index < -0.39 is 0 Å². The van der Waals surface area contributed by atoms with Crippen molar-refractivity contribution in [1.29, 1.82) is 0 Å². The normalized spacial score (nSPS) is 20.9. The van der Waals surface area contributed by atoms with Crippen molar-refractivity contribution < 1.29 is 14.2 Å². The Morgan fingerprint density at radius 1 is 1.16 bits per heavy atom. The molecule has 31 heavy (non-hydrogen) atoms. The van der Waals surface area contributed by atoms with Crippen LogP contribution in [-0.2, 0) is 11.3 Å². The largest absolute Gasteiger partial charge is 0.490 e. The first-order chi connectivity index (χ1) is 15.3. The average molecular weight is 425 g/mol. The molecule has 0 bridgehead atoms. The lowest BCUT2D eigenvalue weighted by atomic mass is 9.87. The van der Waals surface area contributed by atoms with E-state index in [2.05, 4.69) is 22.1 Å². The van der Waals surface area contributed by atoms with Crippen LogP contribution < -0.4 is 14.8 Å². The van der Waals surface area contributed by atoms with Gasteiger partial charge < -0.3 is 24.4 Å². The van der Waals surface area contributed by atoms with Crippen molar-refractivity contribution >= 4 is 5.96 Å². The van der Waals surface area contributed by atoms with Crippen molar-refractivity contribution in [3.8, 4) is 11.6 Å². The highest BCUT2D eigenvalue weighted by Gasteiger charge is 2.42. The maximum atomic E-state index is 5.68. The molecule has 7 nitrogen and oxygen atoms in total. The van der Waals surface area contributed by atoms with Gasteiger partial charge in [-0.1, -0.05) is 24.3 Å². The average Bonchev–Trinajstić information content (AvgIpc) is 3.45. The summed E-state index contributed by atoms with van der Waals surface area (Å²) >= 11 is 0. The van der Waals surface area contributed by atoms with Crippen LogP contribution in [-0.4, -0.2) is 61.9 Å². The van der Waals surface area contributed by atoms with Gasteiger partial charge in [-0.15, -0.1) is 0 Å². The number of ether oxygens (including phenoxy) is 3. The second-order valence-electron chi connectivity index (χ2n) is 8.16. The highest BCUT2D eigenvalue weighted by Crippen LogP contribution is 2.38. The number of hydrogen-bond donors (Lipinski definition) is 1. The number of pyridine rings is 1. The Bertz CT molecular complexity index is 836. The Morgan fingerprint density at radius 2 is 2.03 bits per heavy atom. The van der Waals surface area contributed by atoms with Gasteiger partial charge in [-0.3, -0.25) is 0 Å². The van der Waals surface area contributed by atoms with Crippen LogP contribution in [0.15, 0.2) is 53.7 Å². The molecule has 2 aliphatic rings. The Labute approximate surface area is 184 Å². The molecule has 2 aliphatic heterocycles. The first-order valence-corrected chi connectivity index (χ1v) is 11.1. The van der Waals surface area contributed by atoms with Crippen LogP contribution >= 0.6 is 0 Å². The lowest BCUT2D eigenvalue weighted by Crippen LogP contribution is -2.41. The number of benzene rings is 1. The molecule has 2 aromatic rings. The van der Waals surface area contributed by atoms with E-state index in [0.29, 0.717) is 31.1 Å². The fraction of sp³-hybridized carbons (Fsp3) is 0.500. The fourth-order valence-electron chi connectivity index (χ4n) is 4.09. The zero-order chi connectivity index (χ0) is 21.4. The molecule has 0 radical (unpaired) electrons. The molecule has 1 N–H and O–H groups in total. The molecule has 1 unspecified atom stereocenters. The van der Waals surface area contributed by atoms with Gasteiger partial charge in [0, 0.05) is 43.9 Å². The Hall–Kier alpha value is -2.80. The summed E-state index contributed by atoms with van der Waals surface area (Å²) in [5.41, 5.74) is 1.38. The molecule has 0 saturated carbocycles. The Morgan fingerprint density at radius 3 is 2.77 bits per heavy atom. The standard InChI is InChI=1S/C24H32N4O3/c1-2-25-23(28-12-10-24(18-28)11-13-29-19-24)27-17-20-8-9-22(26-16-20)31-15-14-30-21-6-4-3-5-7-21/h3-9,16H,2,10-15,17-19H2,1H3,(H,25,27). The summed E-state index contributed by atoms with van der Waals surface area (Å²) in [6.07, 6.45) is 4.17. The number of aliphatic imine (C=N–C) groups is 1. The molecule has 2 saturated heterocycles. The molecule has 7 heteroatoms. The van der Waals surface area contributed by atoms with E-state index in [1.54, 1.807) is 0 Å². The molecule has 166 valence electrons. The topological polar surface area (TPSA) is 68.2 Å². The molecule has 1 aromatic carbocycles. The molecular weight excluding hydrogens is 392 g/mol. The van der Waals surface area contributed by atoms with Crippen molar-refractivity contribution in [3.63, 3.8) is 0 Å². The van der Waals surface area contributed by atoms with E-state index in [0.717, 1.165) is 56.5 Å². The zero-order valence-corrected chi connectivity index (χ0v) is 18.3. The zero-order valence-electron chi connectivity index (χ0n) is 18.3. The van der Waals surface area contributed by atoms with Crippen LogP contribution in [0, 0.1) is 5.41 Å². The SMILES string of the molecule is CCNC(=NCc1ccc(OCCOc2ccccc2)nc1)N1CCC2(CCOC2)C1. The second kappa shape index (κ2) is 10.5. The van der Waals surface area contributed by atoms with Gasteiger partial charge >= 0.3 is 0 Å². The number of nitrogens with zero attached hydrogens (tertiary/aromatic N) is 3. The maximum Gasteiger partial charge on any atom is 0.213 e. The number of guanidine groups is 1. The third-order valence-corrected chi connectivity index (χ3v) is 5.81. The lowest BCUT2D eigenvalue weighted by Gasteiger charge is -2.25. The molecule has 0 amide bonds. The summed E-state index contributed by atoms with van der Waals surface area (Å²) < 4.78 is 17.0. The van der Waals surface area contributed by atoms with Crippen molar-refractivity contribution in [2.24, 2.45) is 10.4 Å². The summed E-state index contributed by atoms with van der Waals surface area (Å²) in [4.78, 5) is 11.6. The highest BCUT2D eigenvalue weighted by atomic mass is 16.5. The first kappa shape index (κ1) is 21.4. The van der Waals surface area contributed by atoms with Crippen LogP contribution in [0.4, 0.5) is 0 Å². The minimum atomic E-state index is 0.320. The van der Waals surface area contributed by atoms with E-state index >= 15 is 0 Å². The second-order valence-corrected chi connectivity index (χ2v) is 8.16. The molecule has 1 spiro atoms. The lowest BCUT2D eigenvalue weighted by molar-refractivity contribution is 0.156. The first-order valence-electron chi connectivity index (χ1n) is 11.1. The molecule has 2 fully saturated rings. The van der Waals surface area contributed by atoms with Gasteiger partial charge in [-0.25, -0.2) is 9.98 Å². The molecule has 0 aliphatic carbocycles. The molecule has 4 rings (SSSR count). The number of nitrogens with one attached hydrogen (secondary N) is 1. The van der Waals surface area contributed by atoms with Gasteiger partial charge in [-0.2, -0.15) is 0 Å². The van der Waals surface area contributed by atoms with Gasteiger partial charge in [-0.05, 0) is 37.5 Å². The third-order valence-electron chi connectivity index (χ3n) is 5.81. The number of para-hydroxylation sites is 1. The molecule has 3 heterocycles. The predicted molar refractivity (Wildman–Crippen MR) is 121 cm³/mol. The van der Waals surface area contributed by atoms with Gasteiger partial charge in [0.15, 0.2) is 5.96 Å². The van der Waals surface area contributed by atoms with Crippen LogP contribution in [0.1, 0.15) is 25.3 Å². The number of rotatable bonds is 8. The van der Waals surface area contributed by atoms with Crippen molar-refractivity contribution in [2.45, 2.75) is 26.3 Å². The minimum Gasteiger partial charge on any atom is -0.490 e. The van der Waals surface area contributed by atoms with Crippen molar-refractivity contribution in [2.75, 3.05) is 46.1 Å². The summed E-state index contributed by atoms with van der Waals surface area (Å²) in [6, 6.07) is 13.6. The van der Waals surface area contributed by atoms with Gasteiger partial charge in [0.05, 0.1) is 13.2 Å².